The number of amides is 2. The Bertz CT molecular complexity index is 1040. The second-order valence-corrected chi connectivity index (χ2v) is 9.02. The highest BCUT2D eigenvalue weighted by Crippen LogP contribution is 2.29. The molecule has 16 heteroatoms. The van der Waals surface area contributed by atoms with E-state index in [1.54, 1.807) is 6.92 Å². The normalized spacial score (nSPS) is 21.9. The van der Waals surface area contributed by atoms with Crippen molar-refractivity contribution in [2.45, 2.75) is 52.2 Å². The third-order valence-electron chi connectivity index (χ3n) is 5.79. The molecule has 228 valence electrons. The summed E-state index contributed by atoms with van der Waals surface area (Å²) in [6.07, 6.45) is -1.39. The van der Waals surface area contributed by atoms with Gasteiger partial charge in [-0.2, -0.15) is 0 Å². The SMILES string of the molecule is CC(=O)NC1[C@H](OCCOCCOCCNC(=O)c2ccc([N+](=O)[O-])nc2)OC(COC(C)=O)[C@H](OC(C)=O)[C@@H]1C. The Kier molecular flexibility index (Phi) is 14.0. The smallest absolute Gasteiger partial charge is 0.363 e. The second-order valence-electron chi connectivity index (χ2n) is 9.02. The number of hydrogen-bond acceptors (Lipinski definition) is 13. The van der Waals surface area contributed by atoms with Gasteiger partial charge in [0.1, 0.15) is 18.8 Å². The highest BCUT2D eigenvalue weighted by molar-refractivity contribution is 5.93. The van der Waals surface area contributed by atoms with E-state index < -0.39 is 53.2 Å². The lowest BCUT2D eigenvalue weighted by atomic mass is 9.88. The van der Waals surface area contributed by atoms with Gasteiger partial charge in [-0.1, -0.05) is 6.92 Å². The molecule has 2 amide bonds. The molecule has 0 aliphatic carbocycles. The molecular formula is C25H36N4O12. The minimum Gasteiger partial charge on any atom is -0.463 e. The van der Waals surface area contributed by atoms with Crippen LogP contribution in [0.2, 0.25) is 0 Å². The number of esters is 2. The van der Waals surface area contributed by atoms with Crippen LogP contribution in [0.25, 0.3) is 0 Å². The van der Waals surface area contributed by atoms with Gasteiger partial charge < -0.3 is 49.2 Å². The summed E-state index contributed by atoms with van der Waals surface area (Å²) >= 11 is 0. The molecule has 41 heavy (non-hydrogen) atoms. The van der Waals surface area contributed by atoms with Crippen molar-refractivity contribution in [1.29, 1.82) is 0 Å². The van der Waals surface area contributed by atoms with Gasteiger partial charge >= 0.3 is 17.8 Å². The summed E-state index contributed by atoms with van der Waals surface area (Å²) in [5.74, 6) is -2.60. The number of carbonyl (C=O) groups excluding carboxylic acids is 4. The Balaban J connectivity index is 1.71. The summed E-state index contributed by atoms with van der Waals surface area (Å²) in [6, 6.07) is 1.81. The summed E-state index contributed by atoms with van der Waals surface area (Å²) < 4.78 is 33.1. The van der Waals surface area contributed by atoms with Gasteiger partial charge in [-0.3, -0.25) is 19.2 Å². The molecule has 1 aliphatic rings. The number of nitro groups is 1. The second kappa shape index (κ2) is 17.2. The Morgan fingerprint density at radius 1 is 1.02 bits per heavy atom. The van der Waals surface area contributed by atoms with Crippen LogP contribution < -0.4 is 10.6 Å². The number of nitrogens with zero attached hydrogens (tertiary/aromatic N) is 2. The van der Waals surface area contributed by atoms with Gasteiger partial charge in [0.15, 0.2) is 12.5 Å². The van der Waals surface area contributed by atoms with E-state index in [1.807, 2.05) is 0 Å². The number of carbonyl (C=O) groups is 4. The molecule has 0 bridgehead atoms. The van der Waals surface area contributed by atoms with E-state index in [4.69, 9.17) is 28.4 Å². The van der Waals surface area contributed by atoms with Gasteiger partial charge in [-0.05, 0) is 16.0 Å². The average molecular weight is 585 g/mol. The zero-order chi connectivity index (χ0) is 30.4. The first-order valence-corrected chi connectivity index (χ1v) is 12.9. The van der Waals surface area contributed by atoms with Crippen LogP contribution in [0.5, 0.6) is 0 Å². The van der Waals surface area contributed by atoms with Crippen molar-refractivity contribution >= 4 is 29.6 Å². The molecule has 1 fully saturated rings. The molecule has 0 spiro atoms. The first kappa shape index (κ1) is 33.5. The van der Waals surface area contributed by atoms with Crippen LogP contribution in [0, 0.1) is 16.0 Å². The van der Waals surface area contributed by atoms with Crippen molar-refractivity contribution in [3.63, 3.8) is 0 Å². The van der Waals surface area contributed by atoms with Crippen LogP contribution >= 0.6 is 0 Å². The minimum atomic E-state index is -0.921. The third-order valence-corrected chi connectivity index (χ3v) is 5.79. The highest BCUT2D eigenvalue weighted by atomic mass is 16.7. The monoisotopic (exact) mass is 584 g/mol. The van der Waals surface area contributed by atoms with E-state index in [1.165, 1.54) is 26.8 Å². The van der Waals surface area contributed by atoms with Crippen LogP contribution in [0.3, 0.4) is 0 Å². The van der Waals surface area contributed by atoms with Crippen LogP contribution in [-0.2, 0) is 42.8 Å². The Morgan fingerprint density at radius 3 is 2.29 bits per heavy atom. The lowest BCUT2D eigenvalue weighted by Gasteiger charge is -2.44. The number of hydrogen-bond donors (Lipinski definition) is 2. The van der Waals surface area contributed by atoms with Gasteiger partial charge in [0, 0.05) is 39.3 Å². The first-order valence-electron chi connectivity index (χ1n) is 12.9. The molecule has 2 unspecified atom stereocenters. The summed E-state index contributed by atoms with van der Waals surface area (Å²) in [7, 11) is 0. The number of aromatic nitrogens is 1. The lowest BCUT2D eigenvalue weighted by molar-refractivity contribution is -0.389. The molecule has 5 atom stereocenters. The van der Waals surface area contributed by atoms with E-state index in [2.05, 4.69) is 15.6 Å². The van der Waals surface area contributed by atoms with Gasteiger partial charge in [-0.15, -0.1) is 0 Å². The maximum atomic E-state index is 12.0. The molecule has 2 rings (SSSR count). The number of ether oxygens (including phenoxy) is 6. The molecule has 1 aliphatic heterocycles. The predicted octanol–water partition coefficient (Wildman–Crippen LogP) is 0.130. The Labute approximate surface area is 236 Å². The molecule has 0 saturated carbocycles. The summed E-state index contributed by atoms with van der Waals surface area (Å²) in [6.45, 7) is 6.64. The topological polar surface area (TPSA) is 204 Å². The highest BCUT2D eigenvalue weighted by Gasteiger charge is 2.47. The third kappa shape index (κ3) is 11.7. The van der Waals surface area contributed by atoms with E-state index in [0.717, 1.165) is 12.3 Å². The van der Waals surface area contributed by atoms with E-state index in [0.29, 0.717) is 0 Å². The number of pyridine rings is 1. The predicted molar refractivity (Wildman–Crippen MR) is 138 cm³/mol. The summed E-state index contributed by atoms with van der Waals surface area (Å²) in [5.41, 5.74) is 0.190. The molecule has 1 saturated heterocycles. The van der Waals surface area contributed by atoms with E-state index >= 15 is 0 Å². The van der Waals surface area contributed by atoms with Crippen molar-refractivity contribution in [3.05, 3.63) is 34.0 Å². The molecule has 1 aromatic rings. The van der Waals surface area contributed by atoms with Gasteiger partial charge in [0.2, 0.25) is 5.91 Å². The minimum absolute atomic E-state index is 0.102. The molecule has 2 heterocycles. The van der Waals surface area contributed by atoms with E-state index in [9.17, 15) is 29.3 Å². The zero-order valence-electron chi connectivity index (χ0n) is 23.4. The molecule has 0 radical (unpaired) electrons. The van der Waals surface area contributed by atoms with Crippen molar-refractivity contribution in [2.24, 2.45) is 5.92 Å². The molecule has 1 aromatic heterocycles. The summed E-state index contributed by atoms with van der Waals surface area (Å²) in [5, 5.41) is 16.0. The standard InChI is InChI=1S/C25H36N4O12/c1-15-22(28-16(2)30)25(41-20(14-39-17(3)31)23(15)40-18(4)32)38-12-11-37-10-9-36-8-7-26-24(33)19-5-6-21(27-13-19)29(34)35/h5-6,13,15,20,22-23,25H,7-12,14H2,1-4H3,(H,26,33)(H,28,30)/t15-,20?,22?,23-,25-/m1/s1. The van der Waals surface area contributed by atoms with Crippen LogP contribution in [0.4, 0.5) is 5.82 Å². The fraction of sp³-hybridized carbons (Fsp3) is 0.640. The fourth-order valence-electron chi connectivity index (χ4n) is 3.92. The van der Waals surface area contributed by atoms with Crippen LogP contribution in [0.1, 0.15) is 38.1 Å². The van der Waals surface area contributed by atoms with E-state index in [-0.39, 0.29) is 63.5 Å². The van der Waals surface area contributed by atoms with Crippen molar-refractivity contribution in [1.82, 2.24) is 15.6 Å². The largest absolute Gasteiger partial charge is 0.463 e. The first-order chi connectivity index (χ1) is 19.5. The van der Waals surface area contributed by atoms with Crippen molar-refractivity contribution in [2.75, 3.05) is 46.2 Å². The summed E-state index contributed by atoms with van der Waals surface area (Å²) in [4.78, 5) is 60.4. The molecule has 16 nitrogen and oxygen atoms in total. The molecular weight excluding hydrogens is 548 g/mol. The zero-order valence-corrected chi connectivity index (χ0v) is 23.4. The quantitative estimate of drug-likeness (QED) is 0.115. The van der Waals surface area contributed by atoms with Gasteiger partial charge in [-0.25, -0.2) is 0 Å². The Hall–Kier alpha value is -3.73. The van der Waals surface area contributed by atoms with Crippen molar-refractivity contribution in [3.8, 4) is 0 Å². The van der Waals surface area contributed by atoms with Crippen molar-refractivity contribution < 1.29 is 52.5 Å². The Morgan fingerprint density at radius 2 is 1.71 bits per heavy atom. The maximum Gasteiger partial charge on any atom is 0.363 e. The van der Waals surface area contributed by atoms with Gasteiger partial charge in [0.25, 0.3) is 5.91 Å². The van der Waals surface area contributed by atoms with Crippen LogP contribution in [0.15, 0.2) is 18.3 Å². The fourth-order valence-corrected chi connectivity index (χ4v) is 3.92. The molecule has 0 aromatic carbocycles. The average Bonchev–Trinajstić information content (AvgIpc) is 2.91. The molecule has 2 N–H and O–H groups in total. The number of nitrogens with one attached hydrogen (secondary N) is 2. The number of rotatable bonds is 16. The lowest BCUT2D eigenvalue weighted by Crippen LogP contribution is -2.62. The van der Waals surface area contributed by atoms with Gasteiger partial charge in [0.05, 0.1) is 44.6 Å². The van der Waals surface area contributed by atoms with Crippen LogP contribution in [-0.4, -0.2) is 104 Å². The maximum absolute atomic E-state index is 12.0.